The highest BCUT2D eigenvalue weighted by molar-refractivity contribution is 5.82. The summed E-state index contributed by atoms with van der Waals surface area (Å²) in [6, 6.07) is 17.8. The first-order chi connectivity index (χ1) is 11.2. The first-order valence-corrected chi connectivity index (χ1v) is 7.68. The molecular formula is C19H21N3O. The van der Waals surface area contributed by atoms with E-state index in [1.54, 1.807) is 13.3 Å². The lowest BCUT2D eigenvalue weighted by atomic mass is 9.86. The molecule has 0 radical (unpaired) electrons. The number of nitrogens with zero attached hydrogens (tertiary/aromatic N) is 1. The Bertz CT molecular complexity index is 781. The zero-order valence-electron chi connectivity index (χ0n) is 13.1. The minimum atomic E-state index is -0.193. The minimum Gasteiger partial charge on any atom is -0.497 e. The van der Waals surface area contributed by atoms with E-state index in [0.29, 0.717) is 6.54 Å². The van der Waals surface area contributed by atoms with E-state index in [-0.39, 0.29) is 12.0 Å². The molecule has 3 rings (SSSR count). The molecule has 23 heavy (non-hydrogen) atoms. The van der Waals surface area contributed by atoms with Crippen LogP contribution < -0.4 is 16.2 Å². The number of ether oxygens (including phenoxy) is 1. The molecule has 0 spiro atoms. The van der Waals surface area contributed by atoms with Crippen LogP contribution >= 0.6 is 0 Å². The second-order valence-electron chi connectivity index (χ2n) is 5.56. The number of methoxy groups -OCH3 is 1. The molecule has 0 amide bonds. The Morgan fingerprint density at radius 1 is 1.04 bits per heavy atom. The van der Waals surface area contributed by atoms with E-state index in [4.69, 9.17) is 16.2 Å². The molecule has 4 N–H and O–H groups in total. The maximum absolute atomic E-state index is 6.58. The average Bonchev–Trinajstić information content (AvgIpc) is 2.62. The summed E-state index contributed by atoms with van der Waals surface area (Å²) in [5.74, 6) is 0.860. The van der Waals surface area contributed by atoms with Crippen molar-refractivity contribution >= 4 is 10.9 Å². The van der Waals surface area contributed by atoms with Gasteiger partial charge in [-0.1, -0.05) is 30.3 Å². The van der Waals surface area contributed by atoms with Crippen molar-refractivity contribution in [2.24, 2.45) is 11.5 Å². The normalized spacial score (nSPS) is 13.7. The highest BCUT2D eigenvalue weighted by Gasteiger charge is 2.22. The van der Waals surface area contributed by atoms with Crippen molar-refractivity contribution in [2.75, 3.05) is 13.7 Å². The largest absolute Gasteiger partial charge is 0.497 e. The monoisotopic (exact) mass is 307 g/mol. The summed E-state index contributed by atoms with van der Waals surface area (Å²) in [6.07, 6.45) is 1.80. The van der Waals surface area contributed by atoms with Crippen LogP contribution in [0.1, 0.15) is 23.1 Å². The van der Waals surface area contributed by atoms with Crippen LogP contribution in [0, 0.1) is 0 Å². The van der Waals surface area contributed by atoms with Crippen LogP contribution in [0.15, 0.2) is 60.8 Å². The zero-order valence-corrected chi connectivity index (χ0v) is 13.1. The van der Waals surface area contributed by atoms with Crippen LogP contribution in [0.5, 0.6) is 5.75 Å². The van der Waals surface area contributed by atoms with Gasteiger partial charge in [0.25, 0.3) is 0 Å². The highest BCUT2D eigenvalue weighted by Crippen LogP contribution is 2.32. The number of hydrogen-bond acceptors (Lipinski definition) is 4. The van der Waals surface area contributed by atoms with E-state index in [9.17, 15) is 0 Å². The summed E-state index contributed by atoms with van der Waals surface area (Å²) in [6.45, 7) is 0.476. The first-order valence-electron chi connectivity index (χ1n) is 7.68. The lowest BCUT2D eigenvalue weighted by Gasteiger charge is -2.24. The standard InChI is InChI=1S/C19H21N3O/c1-23-14-8-6-13(7-9-14)17(12-20)19(21)16-10-11-22-18-5-3-2-4-15(16)18/h2-11,17,19H,12,20-21H2,1H3. The molecular weight excluding hydrogens is 286 g/mol. The number of aromatic nitrogens is 1. The summed E-state index contributed by atoms with van der Waals surface area (Å²) in [5, 5.41) is 1.08. The summed E-state index contributed by atoms with van der Waals surface area (Å²) in [4.78, 5) is 4.40. The molecule has 1 heterocycles. The lowest BCUT2D eigenvalue weighted by molar-refractivity contribution is 0.414. The third-order valence-corrected chi connectivity index (χ3v) is 4.27. The highest BCUT2D eigenvalue weighted by atomic mass is 16.5. The Morgan fingerprint density at radius 3 is 2.48 bits per heavy atom. The molecule has 4 nitrogen and oxygen atoms in total. The quantitative estimate of drug-likeness (QED) is 0.760. The maximum atomic E-state index is 6.58. The third kappa shape index (κ3) is 3.04. The topological polar surface area (TPSA) is 74.2 Å². The van der Waals surface area contributed by atoms with E-state index in [0.717, 1.165) is 27.8 Å². The molecule has 0 bridgehead atoms. The van der Waals surface area contributed by atoms with Gasteiger partial charge in [-0.25, -0.2) is 0 Å². The van der Waals surface area contributed by atoms with Gasteiger partial charge >= 0.3 is 0 Å². The fourth-order valence-corrected chi connectivity index (χ4v) is 2.97. The van der Waals surface area contributed by atoms with Gasteiger partial charge in [0.05, 0.1) is 12.6 Å². The summed E-state index contributed by atoms with van der Waals surface area (Å²) in [7, 11) is 1.66. The Hall–Kier alpha value is -2.43. The fraction of sp³-hybridized carbons (Fsp3) is 0.211. The van der Waals surface area contributed by atoms with Crippen LogP contribution in [0.25, 0.3) is 10.9 Å². The zero-order chi connectivity index (χ0) is 16.2. The molecule has 1 aromatic heterocycles. The van der Waals surface area contributed by atoms with Gasteiger partial charge < -0.3 is 16.2 Å². The van der Waals surface area contributed by atoms with Gasteiger partial charge in [0.1, 0.15) is 5.75 Å². The molecule has 0 aliphatic carbocycles. The predicted molar refractivity (Wildman–Crippen MR) is 93.5 cm³/mol. The lowest BCUT2D eigenvalue weighted by Crippen LogP contribution is -2.26. The Balaban J connectivity index is 1.99. The number of hydrogen-bond donors (Lipinski definition) is 2. The van der Waals surface area contributed by atoms with E-state index in [2.05, 4.69) is 11.1 Å². The van der Waals surface area contributed by atoms with Gasteiger partial charge in [-0.05, 0) is 35.4 Å². The summed E-state index contributed by atoms with van der Waals surface area (Å²) >= 11 is 0. The second kappa shape index (κ2) is 6.77. The van der Waals surface area contributed by atoms with E-state index >= 15 is 0 Å². The molecule has 4 heteroatoms. The number of nitrogens with two attached hydrogens (primary N) is 2. The van der Waals surface area contributed by atoms with E-state index in [1.165, 1.54) is 0 Å². The van der Waals surface area contributed by atoms with Crippen LogP contribution in [0.2, 0.25) is 0 Å². The third-order valence-electron chi connectivity index (χ3n) is 4.27. The molecule has 2 atom stereocenters. The molecule has 3 aromatic rings. The Labute approximate surface area is 136 Å². The molecule has 2 aromatic carbocycles. The molecule has 0 saturated carbocycles. The number of pyridine rings is 1. The predicted octanol–water partition coefficient (Wildman–Crippen LogP) is 2.99. The number of benzene rings is 2. The number of rotatable bonds is 5. The molecule has 0 aliphatic rings. The van der Waals surface area contributed by atoms with Crippen molar-refractivity contribution in [3.63, 3.8) is 0 Å². The second-order valence-corrected chi connectivity index (χ2v) is 5.56. The van der Waals surface area contributed by atoms with Crippen LogP contribution in [-0.2, 0) is 0 Å². The summed E-state index contributed by atoms with van der Waals surface area (Å²) in [5.41, 5.74) is 15.7. The van der Waals surface area contributed by atoms with E-state index < -0.39 is 0 Å². The van der Waals surface area contributed by atoms with Gasteiger partial charge in [0.2, 0.25) is 0 Å². The van der Waals surface area contributed by atoms with Gasteiger partial charge in [-0.2, -0.15) is 0 Å². The Morgan fingerprint density at radius 2 is 1.78 bits per heavy atom. The maximum Gasteiger partial charge on any atom is 0.118 e. The van der Waals surface area contributed by atoms with Crippen LogP contribution in [0.3, 0.4) is 0 Å². The van der Waals surface area contributed by atoms with Crippen molar-refractivity contribution in [3.8, 4) is 5.75 Å². The molecule has 0 aliphatic heterocycles. The molecule has 0 saturated heterocycles. The fourth-order valence-electron chi connectivity index (χ4n) is 2.97. The van der Waals surface area contributed by atoms with Crippen molar-refractivity contribution in [1.29, 1.82) is 0 Å². The van der Waals surface area contributed by atoms with Crippen LogP contribution in [-0.4, -0.2) is 18.6 Å². The van der Waals surface area contributed by atoms with Gasteiger partial charge in [0, 0.05) is 30.1 Å². The average molecular weight is 307 g/mol. The van der Waals surface area contributed by atoms with Gasteiger partial charge in [-0.15, -0.1) is 0 Å². The van der Waals surface area contributed by atoms with Crippen molar-refractivity contribution in [3.05, 3.63) is 71.9 Å². The summed E-state index contributed by atoms with van der Waals surface area (Å²) < 4.78 is 5.21. The van der Waals surface area contributed by atoms with Crippen LogP contribution in [0.4, 0.5) is 0 Å². The number of para-hydroxylation sites is 1. The Kier molecular flexibility index (Phi) is 4.55. The van der Waals surface area contributed by atoms with Gasteiger partial charge in [-0.3, -0.25) is 4.98 Å². The van der Waals surface area contributed by atoms with Crippen molar-refractivity contribution < 1.29 is 4.74 Å². The van der Waals surface area contributed by atoms with E-state index in [1.807, 2.05) is 48.5 Å². The van der Waals surface area contributed by atoms with Gasteiger partial charge in [0.15, 0.2) is 0 Å². The minimum absolute atomic E-state index is 0.0340. The molecule has 118 valence electrons. The van der Waals surface area contributed by atoms with Crippen molar-refractivity contribution in [1.82, 2.24) is 4.98 Å². The number of fused-ring (bicyclic) bond motifs is 1. The molecule has 2 unspecified atom stereocenters. The molecule has 0 fully saturated rings. The first kappa shape index (κ1) is 15.5. The smallest absolute Gasteiger partial charge is 0.118 e. The van der Waals surface area contributed by atoms with Crippen molar-refractivity contribution in [2.45, 2.75) is 12.0 Å². The SMILES string of the molecule is COc1ccc(C(CN)C(N)c2ccnc3ccccc23)cc1.